The molecule has 1 heterocycles. The Balaban J connectivity index is 1.79. The van der Waals surface area contributed by atoms with Gasteiger partial charge in [-0.2, -0.15) is 0 Å². The molecule has 2 rings (SSSR count). The lowest BCUT2D eigenvalue weighted by Gasteiger charge is -2.36. The molecule has 1 aromatic carbocycles. The van der Waals surface area contributed by atoms with Crippen LogP contribution in [0.5, 0.6) is 5.75 Å². The Hall–Kier alpha value is -1.37. The second-order valence-corrected chi connectivity index (χ2v) is 6.54. The Bertz CT molecular complexity index is 551. The number of nitrogens with one attached hydrogen (secondary N) is 1. The highest BCUT2D eigenvalue weighted by Crippen LogP contribution is 2.21. The van der Waals surface area contributed by atoms with Crippen LogP contribution < -0.4 is 10.1 Å². The Morgan fingerprint density at radius 3 is 2.75 bits per heavy atom. The minimum absolute atomic E-state index is 0.0277. The maximum atomic E-state index is 13.1. The molecule has 0 saturated carbocycles. The van der Waals surface area contributed by atoms with Crippen LogP contribution >= 0.6 is 11.6 Å². The van der Waals surface area contributed by atoms with E-state index in [4.69, 9.17) is 21.1 Å². The van der Waals surface area contributed by atoms with Crippen LogP contribution in [0.1, 0.15) is 13.8 Å². The third kappa shape index (κ3) is 5.61. The summed E-state index contributed by atoms with van der Waals surface area (Å²) in [5.74, 6) is 0.0541. The summed E-state index contributed by atoms with van der Waals surface area (Å²) in [6.45, 7) is 7.93. The molecule has 24 heavy (non-hydrogen) atoms. The lowest BCUT2D eigenvalue weighted by molar-refractivity contribution is -0.123. The highest BCUT2D eigenvalue weighted by Gasteiger charge is 2.24. The summed E-state index contributed by atoms with van der Waals surface area (Å²) in [7, 11) is 0. The van der Waals surface area contributed by atoms with E-state index < -0.39 is 5.82 Å². The molecule has 1 saturated heterocycles. The summed E-state index contributed by atoms with van der Waals surface area (Å²) >= 11 is 5.68. The number of rotatable bonds is 7. The van der Waals surface area contributed by atoms with Gasteiger partial charge < -0.3 is 14.8 Å². The molecule has 1 aromatic rings. The van der Waals surface area contributed by atoms with Crippen molar-refractivity contribution in [2.24, 2.45) is 5.92 Å². The first-order valence-corrected chi connectivity index (χ1v) is 8.51. The fraction of sp³-hybridized carbons (Fsp3) is 0.588. The molecule has 0 spiro atoms. The van der Waals surface area contributed by atoms with Crippen molar-refractivity contribution in [2.75, 3.05) is 39.5 Å². The van der Waals surface area contributed by atoms with E-state index in [0.717, 1.165) is 26.3 Å². The lowest BCUT2D eigenvalue weighted by Crippen LogP contribution is -2.51. The van der Waals surface area contributed by atoms with Gasteiger partial charge in [0.05, 0.1) is 18.2 Å². The van der Waals surface area contributed by atoms with Crippen molar-refractivity contribution < 1.29 is 18.7 Å². The van der Waals surface area contributed by atoms with Crippen LogP contribution in [0.15, 0.2) is 18.2 Å². The average Bonchev–Trinajstić information content (AvgIpc) is 2.57. The number of hydrogen-bond donors (Lipinski definition) is 1. The maximum absolute atomic E-state index is 13.1. The number of hydrogen-bond acceptors (Lipinski definition) is 4. The molecule has 7 heteroatoms. The van der Waals surface area contributed by atoms with E-state index in [1.807, 2.05) is 0 Å². The van der Waals surface area contributed by atoms with Crippen LogP contribution in [0.2, 0.25) is 5.02 Å². The van der Waals surface area contributed by atoms with Gasteiger partial charge in [-0.15, -0.1) is 0 Å². The van der Waals surface area contributed by atoms with E-state index >= 15 is 0 Å². The molecule has 1 N–H and O–H groups in total. The third-order valence-electron chi connectivity index (χ3n) is 4.05. The number of ether oxygens (including phenoxy) is 2. The molecular formula is C17H24ClFN2O3. The number of carbonyl (C=O) groups is 1. The van der Waals surface area contributed by atoms with Crippen molar-refractivity contribution in [3.8, 4) is 5.75 Å². The van der Waals surface area contributed by atoms with Gasteiger partial charge in [0.1, 0.15) is 11.6 Å². The lowest BCUT2D eigenvalue weighted by atomic mass is 10.0. The zero-order chi connectivity index (χ0) is 17.5. The summed E-state index contributed by atoms with van der Waals surface area (Å²) in [4.78, 5) is 14.3. The Labute approximate surface area is 147 Å². The van der Waals surface area contributed by atoms with Gasteiger partial charge in [0, 0.05) is 31.7 Å². The Kier molecular flexibility index (Phi) is 7.27. The Morgan fingerprint density at radius 1 is 1.42 bits per heavy atom. The number of halogens is 2. The monoisotopic (exact) mass is 358 g/mol. The van der Waals surface area contributed by atoms with Crippen molar-refractivity contribution in [2.45, 2.75) is 19.9 Å². The van der Waals surface area contributed by atoms with Gasteiger partial charge in [-0.25, -0.2) is 4.39 Å². The van der Waals surface area contributed by atoms with Crippen LogP contribution in [0.4, 0.5) is 4.39 Å². The number of benzene rings is 1. The van der Waals surface area contributed by atoms with E-state index in [1.165, 1.54) is 18.2 Å². The van der Waals surface area contributed by atoms with Crippen molar-refractivity contribution in [3.63, 3.8) is 0 Å². The number of morpholine rings is 1. The first kappa shape index (κ1) is 19.0. The molecule has 0 aliphatic carbocycles. The molecule has 1 amide bonds. The zero-order valence-electron chi connectivity index (χ0n) is 14.1. The van der Waals surface area contributed by atoms with E-state index in [0.29, 0.717) is 18.2 Å². The largest absolute Gasteiger partial charge is 0.484 e. The maximum Gasteiger partial charge on any atom is 0.257 e. The fourth-order valence-electron chi connectivity index (χ4n) is 2.68. The van der Waals surface area contributed by atoms with Crippen LogP contribution in [0, 0.1) is 11.7 Å². The number of carbonyl (C=O) groups excluding carboxylic acids is 1. The highest BCUT2D eigenvalue weighted by atomic mass is 35.5. The molecule has 0 bridgehead atoms. The second kappa shape index (κ2) is 9.20. The SMILES string of the molecule is CC(C)C(CNC(=O)COc1ccc(F)c(Cl)c1)N1CCOCC1. The van der Waals surface area contributed by atoms with E-state index in [9.17, 15) is 9.18 Å². The van der Waals surface area contributed by atoms with Gasteiger partial charge in [-0.3, -0.25) is 9.69 Å². The molecule has 134 valence electrons. The zero-order valence-corrected chi connectivity index (χ0v) is 14.8. The second-order valence-electron chi connectivity index (χ2n) is 6.13. The predicted octanol–water partition coefficient (Wildman–Crippen LogP) is 2.33. The summed E-state index contributed by atoms with van der Waals surface area (Å²) in [6.07, 6.45) is 0. The van der Waals surface area contributed by atoms with Crippen LogP contribution in [-0.4, -0.2) is 56.3 Å². The molecular weight excluding hydrogens is 335 g/mol. The minimum atomic E-state index is -0.515. The van der Waals surface area contributed by atoms with Crippen LogP contribution in [0.25, 0.3) is 0 Å². The van der Waals surface area contributed by atoms with Crippen molar-refractivity contribution in [1.29, 1.82) is 0 Å². The summed E-state index contributed by atoms with van der Waals surface area (Å²) in [5, 5.41) is 2.88. The fourth-order valence-corrected chi connectivity index (χ4v) is 2.85. The first-order valence-electron chi connectivity index (χ1n) is 8.13. The number of amides is 1. The van der Waals surface area contributed by atoms with Crippen LogP contribution in [0.3, 0.4) is 0 Å². The van der Waals surface area contributed by atoms with Crippen molar-refractivity contribution in [1.82, 2.24) is 10.2 Å². The third-order valence-corrected chi connectivity index (χ3v) is 4.34. The predicted molar refractivity (Wildman–Crippen MR) is 90.9 cm³/mol. The van der Waals surface area contributed by atoms with Gasteiger partial charge >= 0.3 is 0 Å². The topological polar surface area (TPSA) is 50.8 Å². The van der Waals surface area contributed by atoms with E-state index in [2.05, 4.69) is 24.1 Å². The Morgan fingerprint density at radius 2 is 2.12 bits per heavy atom. The van der Waals surface area contributed by atoms with E-state index in [1.54, 1.807) is 0 Å². The molecule has 1 fully saturated rings. The normalized spacial score (nSPS) is 16.9. The molecule has 0 radical (unpaired) electrons. The smallest absolute Gasteiger partial charge is 0.257 e. The van der Waals surface area contributed by atoms with Gasteiger partial charge in [0.2, 0.25) is 0 Å². The average molecular weight is 359 g/mol. The quantitative estimate of drug-likeness (QED) is 0.812. The van der Waals surface area contributed by atoms with Crippen LogP contribution in [-0.2, 0) is 9.53 Å². The molecule has 1 aliphatic heterocycles. The first-order chi connectivity index (χ1) is 11.5. The summed E-state index contributed by atoms with van der Waals surface area (Å²) in [6, 6.07) is 4.27. The van der Waals surface area contributed by atoms with Gasteiger partial charge in [-0.1, -0.05) is 25.4 Å². The minimum Gasteiger partial charge on any atom is -0.484 e. The molecule has 1 atom stereocenters. The molecule has 1 unspecified atom stereocenters. The molecule has 0 aromatic heterocycles. The van der Waals surface area contributed by atoms with Gasteiger partial charge in [0.25, 0.3) is 5.91 Å². The van der Waals surface area contributed by atoms with Crippen molar-refractivity contribution >= 4 is 17.5 Å². The highest BCUT2D eigenvalue weighted by molar-refractivity contribution is 6.30. The molecule has 1 aliphatic rings. The summed E-state index contributed by atoms with van der Waals surface area (Å²) < 4.78 is 23.8. The standard InChI is InChI=1S/C17H24ClFN2O3/c1-12(2)16(21-5-7-23-8-6-21)10-20-17(22)11-24-13-3-4-15(19)14(18)9-13/h3-4,9,12,16H,5-8,10-11H2,1-2H3,(H,20,22). The van der Waals surface area contributed by atoms with Gasteiger partial charge in [0.15, 0.2) is 6.61 Å². The van der Waals surface area contributed by atoms with Crippen molar-refractivity contribution in [3.05, 3.63) is 29.0 Å². The summed E-state index contributed by atoms with van der Waals surface area (Å²) in [5.41, 5.74) is 0. The van der Waals surface area contributed by atoms with Gasteiger partial charge in [-0.05, 0) is 18.1 Å². The van der Waals surface area contributed by atoms with E-state index in [-0.39, 0.29) is 23.6 Å². The molecule has 5 nitrogen and oxygen atoms in total. The number of nitrogens with zero attached hydrogens (tertiary/aromatic N) is 1.